The number of hydrogen-bond donors (Lipinski definition) is 1. The highest BCUT2D eigenvalue weighted by Crippen LogP contribution is 2.38. The number of benzene rings is 1. The number of fused-ring (bicyclic) bond motifs is 1. The largest absolute Gasteiger partial charge is 0.495 e. The van der Waals surface area contributed by atoms with Gasteiger partial charge in [0.05, 0.1) is 22.3 Å². The number of H-pyrrole nitrogens is 1. The summed E-state index contributed by atoms with van der Waals surface area (Å²) >= 11 is 0. The van der Waals surface area contributed by atoms with E-state index in [4.69, 9.17) is 9.31 Å². The highest BCUT2D eigenvalue weighted by Gasteiger charge is 2.52. The standard InChI is InChI=1S/C15H17BF3NO2/c1-13(2)14(3,4)22-16(21-13)11-6-5-10(15(17,18)19)12-9(11)7-8-20-12/h5-8,20H,1-4H3. The maximum Gasteiger partial charge on any atom is 0.495 e. The van der Waals surface area contributed by atoms with Crippen LogP contribution in [0.2, 0.25) is 0 Å². The second-order valence-electron chi connectivity index (χ2n) is 6.55. The maximum absolute atomic E-state index is 13.1. The van der Waals surface area contributed by atoms with Crippen molar-refractivity contribution in [2.75, 3.05) is 0 Å². The first kappa shape index (κ1) is 15.4. The van der Waals surface area contributed by atoms with E-state index in [-0.39, 0.29) is 5.52 Å². The molecular weight excluding hydrogens is 294 g/mol. The molecule has 118 valence electrons. The quantitative estimate of drug-likeness (QED) is 0.818. The van der Waals surface area contributed by atoms with Crippen LogP contribution in [0.5, 0.6) is 0 Å². The minimum atomic E-state index is -4.41. The number of halogens is 3. The first-order valence-corrected chi connectivity index (χ1v) is 7.06. The van der Waals surface area contributed by atoms with E-state index >= 15 is 0 Å². The van der Waals surface area contributed by atoms with Gasteiger partial charge in [0.15, 0.2) is 0 Å². The van der Waals surface area contributed by atoms with Gasteiger partial charge in [0, 0.05) is 6.20 Å². The van der Waals surface area contributed by atoms with Gasteiger partial charge in [0.1, 0.15) is 0 Å². The third-order valence-electron chi connectivity index (χ3n) is 4.57. The smallest absolute Gasteiger partial charge is 0.399 e. The molecule has 3 nitrogen and oxygen atoms in total. The summed E-state index contributed by atoms with van der Waals surface area (Å²) in [6, 6.07) is 4.12. The van der Waals surface area contributed by atoms with Crippen LogP contribution in [0, 0.1) is 0 Å². The van der Waals surface area contributed by atoms with Gasteiger partial charge in [-0.15, -0.1) is 0 Å². The molecule has 0 aliphatic carbocycles. The molecule has 1 aliphatic rings. The predicted molar refractivity (Wildman–Crippen MR) is 79.0 cm³/mol. The Kier molecular flexibility index (Phi) is 3.17. The SMILES string of the molecule is CC1(C)OB(c2ccc(C(F)(F)F)c3[nH]ccc23)OC1(C)C. The summed E-state index contributed by atoms with van der Waals surface area (Å²) in [5.41, 5.74) is -1.11. The number of aromatic nitrogens is 1. The molecule has 0 spiro atoms. The molecule has 1 fully saturated rings. The fourth-order valence-electron chi connectivity index (χ4n) is 2.59. The van der Waals surface area contributed by atoms with E-state index in [1.165, 1.54) is 12.3 Å². The molecule has 1 N–H and O–H groups in total. The van der Waals surface area contributed by atoms with Crippen LogP contribution in [0.15, 0.2) is 24.4 Å². The average molecular weight is 311 g/mol. The van der Waals surface area contributed by atoms with E-state index < -0.39 is 30.1 Å². The molecular formula is C15H17BF3NO2. The van der Waals surface area contributed by atoms with Crippen molar-refractivity contribution < 1.29 is 22.5 Å². The van der Waals surface area contributed by atoms with Crippen LogP contribution in [0.3, 0.4) is 0 Å². The Balaban J connectivity index is 2.10. The second kappa shape index (κ2) is 4.52. The van der Waals surface area contributed by atoms with Crippen LogP contribution < -0.4 is 5.46 Å². The van der Waals surface area contributed by atoms with Gasteiger partial charge >= 0.3 is 13.3 Å². The zero-order valence-electron chi connectivity index (χ0n) is 12.8. The zero-order chi connectivity index (χ0) is 16.3. The average Bonchev–Trinajstić information content (AvgIpc) is 2.90. The molecule has 0 unspecified atom stereocenters. The van der Waals surface area contributed by atoms with Crippen molar-refractivity contribution in [1.82, 2.24) is 4.98 Å². The molecule has 22 heavy (non-hydrogen) atoms. The summed E-state index contributed by atoms with van der Waals surface area (Å²) in [7, 11) is -0.689. The highest BCUT2D eigenvalue weighted by atomic mass is 19.4. The Hall–Kier alpha value is -1.47. The fraction of sp³-hybridized carbons (Fsp3) is 0.467. The van der Waals surface area contributed by atoms with E-state index in [1.54, 1.807) is 6.07 Å². The lowest BCUT2D eigenvalue weighted by Crippen LogP contribution is -2.41. The summed E-state index contributed by atoms with van der Waals surface area (Å²) in [6.07, 6.45) is -2.91. The van der Waals surface area contributed by atoms with Crippen LogP contribution >= 0.6 is 0 Å². The molecule has 3 rings (SSSR count). The van der Waals surface area contributed by atoms with Gasteiger partial charge in [0.25, 0.3) is 0 Å². The van der Waals surface area contributed by atoms with Crippen LogP contribution in [-0.4, -0.2) is 23.3 Å². The van der Waals surface area contributed by atoms with E-state index in [1.807, 2.05) is 27.7 Å². The number of alkyl halides is 3. The lowest BCUT2D eigenvalue weighted by atomic mass is 9.76. The van der Waals surface area contributed by atoms with Crippen molar-refractivity contribution >= 4 is 23.5 Å². The van der Waals surface area contributed by atoms with Crippen molar-refractivity contribution in [2.45, 2.75) is 45.1 Å². The number of aromatic amines is 1. The summed E-state index contributed by atoms with van der Waals surface area (Å²) in [6.45, 7) is 7.63. The van der Waals surface area contributed by atoms with Crippen molar-refractivity contribution in [1.29, 1.82) is 0 Å². The Labute approximate surface area is 126 Å². The summed E-state index contributed by atoms with van der Waals surface area (Å²) in [5.74, 6) is 0. The number of hydrogen-bond acceptors (Lipinski definition) is 2. The summed E-state index contributed by atoms with van der Waals surface area (Å²) < 4.78 is 51.1. The molecule has 0 amide bonds. The third kappa shape index (κ3) is 2.23. The number of rotatable bonds is 1. The summed E-state index contributed by atoms with van der Waals surface area (Å²) in [5, 5.41) is 0.466. The Morgan fingerprint density at radius 3 is 2.14 bits per heavy atom. The summed E-state index contributed by atoms with van der Waals surface area (Å²) in [4.78, 5) is 2.67. The van der Waals surface area contributed by atoms with E-state index in [9.17, 15) is 13.2 Å². The normalized spacial score (nSPS) is 20.8. The van der Waals surface area contributed by atoms with E-state index in [0.717, 1.165) is 6.07 Å². The molecule has 2 aromatic rings. The Bertz CT molecular complexity index is 705. The maximum atomic E-state index is 13.1. The Morgan fingerprint density at radius 2 is 1.59 bits per heavy atom. The zero-order valence-corrected chi connectivity index (χ0v) is 12.8. The lowest BCUT2D eigenvalue weighted by molar-refractivity contribution is -0.136. The number of nitrogens with one attached hydrogen (secondary N) is 1. The molecule has 0 radical (unpaired) electrons. The molecule has 1 aromatic carbocycles. The molecule has 0 bridgehead atoms. The van der Waals surface area contributed by atoms with Crippen LogP contribution in [0.25, 0.3) is 10.9 Å². The third-order valence-corrected chi connectivity index (χ3v) is 4.57. The van der Waals surface area contributed by atoms with Crippen molar-refractivity contribution in [3.63, 3.8) is 0 Å². The van der Waals surface area contributed by atoms with E-state index in [2.05, 4.69) is 4.98 Å². The van der Waals surface area contributed by atoms with Crippen LogP contribution in [0.1, 0.15) is 33.3 Å². The highest BCUT2D eigenvalue weighted by molar-refractivity contribution is 6.65. The lowest BCUT2D eigenvalue weighted by Gasteiger charge is -2.32. The van der Waals surface area contributed by atoms with Crippen molar-refractivity contribution in [2.24, 2.45) is 0 Å². The first-order chi connectivity index (χ1) is 10.0. The van der Waals surface area contributed by atoms with Crippen molar-refractivity contribution in [3.05, 3.63) is 30.0 Å². The molecule has 1 saturated heterocycles. The fourth-order valence-corrected chi connectivity index (χ4v) is 2.59. The Morgan fingerprint density at radius 1 is 1.00 bits per heavy atom. The van der Waals surface area contributed by atoms with Gasteiger partial charge in [-0.2, -0.15) is 13.2 Å². The van der Waals surface area contributed by atoms with Gasteiger partial charge in [-0.3, -0.25) is 0 Å². The van der Waals surface area contributed by atoms with E-state index in [0.29, 0.717) is 10.8 Å². The minimum Gasteiger partial charge on any atom is -0.399 e. The van der Waals surface area contributed by atoms with Crippen LogP contribution in [0.4, 0.5) is 13.2 Å². The van der Waals surface area contributed by atoms with Gasteiger partial charge in [-0.05, 0) is 50.7 Å². The molecule has 7 heteroatoms. The van der Waals surface area contributed by atoms with Crippen LogP contribution in [-0.2, 0) is 15.5 Å². The monoisotopic (exact) mass is 311 g/mol. The molecule has 2 heterocycles. The van der Waals surface area contributed by atoms with Gasteiger partial charge in [-0.1, -0.05) is 6.07 Å². The molecule has 0 saturated carbocycles. The minimum absolute atomic E-state index is 0.0553. The predicted octanol–water partition coefficient (Wildman–Crippen LogP) is 3.49. The molecule has 1 aromatic heterocycles. The molecule has 1 aliphatic heterocycles. The van der Waals surface area contributed by atoms with Crippen molar-refractivity contribution in [3.8, 4) is 0 Å². The topological polar surface area (TPSA) is 34.2 Å². The first-order valence-electron chi connectivity index (χ1n) is 7.06. The van der Waals surface area contributed by atoms with Gasteiger partial charge in [-0.25, -0.2) is 0 Å². The van der Waals surface area contributed by atoms with Gasteiger partial charge in [0.2, 0.25) is 0 Å². The second-order valence-corrected chi connectivity index (χ2v) is 6.55. The van der Waals surface area contributed by atoms with Gasteiger partial charge < -0.3 is 14.3 Å². The molecule has 0 atom stereocenters.